The Balaban J connectivity index is 4.04. The molecule has 5 heteroatoms. The lowest BCUT2D eigenvalue weighted by atomic mass is 9.99. The maximum absolute atomic E-state index is 12.2. The highest BCUT2D eigenvalue weighted by molar-refractivity contribution is 5.75. The predicted molar refractivity (Wildman–Crippen MR) is 47.8 cm³/mol. The maximum atomic E-state index is 12.2. The Hall–Kier alpha value is -0.740. The van der Waals surface area contributed by atoms with E-state index in [0.717, 1.165) is 0 Å². The molecule has 0 bridgehead atoms. The summed E-state index contributed by atoms with van der Waals surface area (Å²) in [4.78, 5) is 12.4. The van der Waals surface area contributed by atoms with Gasteiger partial charge in [0.15, 0.2) is 0 Å². The molecule has 84 valence electrons. The highest BCUT2D eigenvalue weighted by Gasteiger charge is 2.37. The summed E-state index contributed by atoms with van der Waals surface area (Å²) in [6, 6.07) is 0. The highest BCUT2D eigenvalue weighted by atomic mass is 19.4. The van der Waals surface area contributed by atoms with Gasteiger partial charge in [0.25, 0.3) is 0 Å². The van der Waals surface area contributed by atoms with Crippen molar-refractivity contribution in [1.29, 1.82) is 0 Å². The van der Waals surface area contributed by atoms with Crippen LogP contribution in [-0.4, -0.2) is 31.1 Å². The second-order valence-corrected chi connectivity index (χ2v) is 3.47. The molecular weight excluding hydrogens is 195 g/mol. The quantitative estimate of drug-likeness (QED) is 0.699. The number of amides is 1. The molecule has 0 aliphatic heterocycles. The van der Waals surface area contributed by atoms with E-state index in [1.54, 1.807) is 0 Å². The molecule has 0 heterocycles. The number of carbonyl (C=O) groups is 1. The Morgan fingerprint density at radius 1 is 1.36 bits per heavy atom. The molecule has 0 fully saturated rings. The summed E-state index contributed by atoms with van der Waals surface area (Å²) in [5.74, 6) is -1.61. The third-order valence-electron chi connectivity index (χ3n) is 2.16. The molecule has 1 unspecified atom stereocenters. The van der Waals surface area contributed by atoms with Crippen molar-refractivity contribution in [2.24, 2.45) is 5.92 Å². The number of halogens is 3. The number of hydrogen-bond donors (Lipinski definition) is 0. The number of carbonyl (C=O) groups excluding carboxylic acids is 1. The lowest BCUT2D eigenvalue weighted by Gasteiger charge is -2.19. The van der Waals surface area contributed by atoms with Crippen LogP contribution in [0.1, 0.15) is 26.2 Å². The van der Waals surface area contributed by atoms with Crippen LogP contribution in [0.15, 0.2) is 0 Å². The fourth-order valence-corrected chi connectivity index (χ4v) is 1.12. The summed E-state index contributed by atoms with van der Waals surface area (Å²) in [6.45, 7) is 1.48. The highest BCUT2D eigenvalue weighted by Crippen LogP contribution is 2.32. The van der Waals surface area contributed by atoms with E-state index in [4.69, 9.17) is 0 Å². The lowest BCUT2D eigenvalue weighted by molar-refractivity contribution is -0.177. The zero-order valence-electron chi connectivity index (χ0n) is 8.69. The molecule has 14 heavy (non-hydrogen) atoms. The van der Waals surface area contributed by atoms with Gasteiger partial charge in [0.2, 0.25) is 5.91 Å². The van der Waals surface area contributed by atoms with Gasteiger partial charge in [-0.15, -0.1) is 0 Å². The lowest BCUT2D eigenvalue weighted by Crippen LogP contribution is -2.26. The molecule has 1 amide bonds. The average Bonchev–Trinajstić information content (AvgIpc) is 2.02. The van der Waals surface area contributed by atoms with Gasteiger partial charge in [0, 0.05) is 20.5 Å². The fraction of sp³-hybridized carbons (Fsp3) is 0.889. The third-order valence-corrected chi connectivity index (χ3v) is 2.16. The number of hydrogen-bond acceptors (Lipinski definition) is 1. The van der Waals surface area contributed by atoms with E-state index >= 15 is 0 Å². The molecule has 0 N–H and O–H groups in total. The van der Waals surface area contributed by atoms with Crippen LogP contribution in [0.3, 0.4) is 0 Å². The molecule has 0 spiro atoms. The zero-order chi connectivity index (χ0) is 11.4. The smallest absolute Gasteiger partial charge is 0.349 e. The second kappa shape index (κ2) is 5.22. The van der Waals surface area contributed by atoms with Gasteiger partial charge < -0.3 is 4.90 Å². The molecule has 0 saturated carbocycles. The number of rotatable bonds is 4. The minimum atomic E-state index is -4.18. The Kier molecular flexibility index (Phi) is 4.94. The van der Waals surface area contributed by atoms with Gasteiger partial charge in [-0.2, -0.15) is 13.2 Å². The van der Waals surface area contributed by atoms with Crippen molar-refractivity contribution >= 4 is 5.91 Å². The Labute approximate surface area is 82.1 Å². The number of nitrogens with zero attached hydrogens (tertiary/aromatic N) is 1. The van der Waals surface area contributed by atoms with Gasteiger partial charge in [-0.05, 0) is 12.8 Å². The molecule has 0 saturated heterocycles. The Bertz CT molecular complexity index is 189. The van der Waals surface area contributed by atoms with Crippen molar-refractivity contribution in [2.75, 3.05) is 14.1 Å². The average molecular weight is 211 g/mol. The van der Waals surface area contributed by atoms with Crippen LogP contribution >= 0.6 is 0 Å². The minimum Gasteiger partial charge on any atom is -0.349 e. The summed E-state index contributed by atoms with van der Waals surface area (Å²) in [6.07, 6.45) is -4.30. The first-order valence-electron chi connectivity index (χ1n) is 4.55. The largest absolute Gasteiger partial charge is 0.391 e. The minimum absolute atomic E-state index is 0.0320. The molecule has 0 rings (SSSR count). The van der Waals surface area contributed by atoms with E-state index in [1.807, 2.05) is 0 Å². The van der Waals surface area contributed by atoms with E-state index < -0.39 is 12.1 Å². The van der Waals surface area contributed by atoms with Gasteiger partial charge in [-0.1, -0.05) is 6.92 Å². The first kappa shape index (κ1) is 13.3. The van der Waals surface area contributed by atoms with Crippen LogP contribution in [0.2, 0.25) is 0 Å². The van der Waals surface area contributed by atoms with Gasteiger partial charge in [-0.3, -0.25) is 4.79 Å². The topological polar surface area (TPSA) is 20.3 Å². The zero-order valence-corrected chi connectivity index (χ0v) is 8.69. The van der Waals surface area contributed by atoms with Crippen molar-refractivity contribution in [2.45, 2.75) is 32.4 Å². The molecule has 1 atom stereocenters. The normalized spacial score (nSPS) is 13.9. The summed E-state index contributed by atoms with van der Waals surface area (Å²) in [5.41, 5.74) is 0. The number of alkyl halides is 3. The Morgan fingerprint density at radius 3 is 2.14 bits per heavy atom. The monoisotopic (exact) mass is 211 g/mol. The van der Waals surface area contributed by atoms with Gasteiger partial charge >= 0.3 is 6.18 Å². The van der Waals surface area contributed by atoms with E-state index in [9.17, 15) is 18.0 Å². The SMILES string of the molecule is CCC(CCC(=O)N(C)C)C(F)(F)F. The van der Waals surface area contributed by atoms with Crippen LogP contribution in [0.4, 0.5) is 13.2 Å². The first-order chi connectivity index (χ1) is 6.29. The van der Waals surface area contributed by atoms with Crippen LogP contribution < -0.4 is 0 Å². The van der Waals surface area contributed by atoms with Crippen molar-refractivity contribution < 1.29 is 18.0 Å². The summed E-state index contributed by atoms with van der Waals surface area (Å²) >= 11 is 0. The van der Waals surface area contributed by atoms with E-state index in [0.29, 0.717) is 0 Å². The molecular formula is C9H16F3NO. The van der Waals surface area contributed by atoms with Crippen molar-refractivity contribution in [3.8, 4) is 0 Å². The van der Waals surface area contributed by atoms with Crippen LogP contribution in [0.5, 0.6) is 0 Å². The summed E-state index contributed by atoms with van der Waals surface area (Å²) in [5, 5.41) is 0. The van der Waals surface area contributed by atoms with E-state index in [-0.39, 0.29) is 25.2 Å². The van der Waals surface area contributed by atoms with Crippen molar-refractivity contribution in [3.63, 3.8) is 0 Å². The standard InChI is InChI=1S/C9H16F3NO/c1-4-7(9(10,11)12)5-6-8(14)13(2)3/h7H,4-6H2,1-3H3. The van der Waals surface area contributed by atoms with Gasteiger partial charge in [0.05, 0.1) is 5.92 Å². The molecule has 2 nitrogen and oxygen atoms in total. The third kappa shape index (κ3) is 4.48. The van der Waals surface area contributed by atoms with Crippen molar-refractivity contribution in [1.82, 2.24) is 4.90 Å². The molecule has 0 radical (unpaired) electrons. The Morgan fingerprint density at radius 2 is 1.86 bits per heavy atom. The van der Waals surface area contributed by atoms with E-state index in [2.05, 4.69) is 0 Å². The summed E-state index contributed by atoms with van der Waals surface area (Å²) in [7, 11) is 3.08. The second-order valence-electron chi connectivity index (χ2n) is 3.47. The van der Waals surface area contributed by atoms with Crippen LogP contribution in [-0.2, 0) is 4.79 Å². The molecule has 0 aromatic heterocycles. The van der Waals surface area contributed by atoms with Gasteiger partial charge in [0.1, 0.15) is 0 Å². The van der Waals surface area contributed by atoms with Crippen LogP contribution in [0.25, 0.3) is 0 Å². The molecule has 0 aromatic rings. The maximum Gasteiger partial charge on any atom is 0.391 e. The van der Waals surface area contributed by atoms with Gasteiger partial charge in [-0.25, -0.2) is 0 Å². The molecule has 0 aliphatic rings. The molecule has 0 aliphatic carbocycles. The first-order valence-corrected chi connectivity index (χ1v) is 4.55. The fourth-order valence-electron chi connectivity index (χ4n) is 1.12. The van der Waals surface area contributed by atoms with E-state index in [1.165, 1.54) is 25.9 Å². The van der Waals surface area contributed by atoms with Crippen LogP contribution in [0, 0.1) is 5.92 Å². The summed E-state index contributed by atoms with van der Waals surface area (Å²) < 4.78 is 36.7. The predicted octanol–water partition coefficient (Wildman–Crippen LogP) is 2.44. The van der Waals surface area contributed by atoms with Crippen molar-refractivity contribution in [3.05, 3.63) is 0 Å². The molecule has 0 aromatic carbocycles.